The fourth-order valence-electron chi connectivity index (χ4n) is 2.24. The Balaban J connectivity index is 2.02. The van der Waals surface area contributed by atoms with Crippen molar-refractivity contribution < 1.29 is 23.0 Å². The van der Waals surface area contributed by atoms with Gasteiger partial charge in [0.2, 0.25) is 0 Å². The van der Waals surface area contributed by atoms with Gasteiger partial charge in [-0.3, -0.25) is 4.90 Å². The van der Waals surface area contributed by atoms with E-state index in [2.05, 4.69) is 0 Å². The molecule has 0 N–H and O–H groups in total. The van der Waals surface area contributed by atoms with E-state index in [9.17, 15) is 8.78 Å². The maximum absolute atomic E-state index is 13.9. The Morgan fingerprint density at radius 1 is 1.35 bits per heavy atom. The lowest BCUT2D eigenvalue weighted by molar-refractivity contribution is -0.0963. The molecule has 2 rings (SSSR count). The van der Waals surface area contributed by atoms with Crippen molar-refractivity contribution in [1.82, 2.24) is 4.90 Å². The summed E-state index contributed by atoms with van der Waals surface area (Å²) in [6.45, 7) is 2.52. The Morgan fingerprint density at radius 2 is 2.15 bits per heavy atom. The van der Waals surface area contributed by atoms with Crippen molar-refractivity contribution in [3.05, 3.63) is 29.3 Å². The van der Waals surface area contributed by atoms with Crippen LogP contribution in [-0.2, 0) is 16.0 Å². The Bertz CT molecular complexity index is 450. The molecule has 1 fully saturated rings. The van der Waals surface area contributed by atoms with Crippen LogP contribution in [0.15, 0.2) is 12.1 Å². The van der Waals surface area contributed by atoms with Gasteiger partial charge in [0, 0.05) is 18.7 Å². The molecule has 1 aliphatic heterocycles. The highest BCUT2D eigenvalue weighted by Gasteiger charge is 2.20. The van der Waals surface area contributed by atoms with Crippen molar-refractivity contribution in [3.8, 4) is 5.75 Å². The van der Waals surface area contributed by atoms with Gasteiger partial charge in [0.1, 0.15) is 5.75 Å². The smallest absolute Gasteiger partial charge is 0.167 e. The number of likely N-dealkylation sites (N-methyl/N-ethyl adjacent to an activating group) is 1. The van der Waals surface area contributed by atoms with Crippen LogP contribution in [0.25, 0.3) is 0 Å². The van der Waals surface area contributed by atoms with Gasteiger partial charge in [-0.2, -0.15) is 0 Å². The molecule has 1 aliphatic rings. The molecule has 0 saturated carbocycles. The molecule has 20 heavy (non-hydrogen) atoms. The van der Waals surface area contributed by atoms with Crippen molar-refractivity contribution >= 4 is 0 Å². The van der Waals surface area contributed by atoms with Crippen molar-refractivity contribution in [1.29, 1.82) is 0 Å². The molecule has 1 atom stereocenters. The average molecular weight is 287 g/mol. The van der Waals surface area contributed by atoms with Crippen LogP contribution in [0.5, 0.6) is 5.75 Å². The van der Waals surface area contributed by atoms with E-state index in [1.165, 1.54) is 13.2 Å². The quantitative estimate of drug-likeness (QED) is 0.826. The van der Waals surface area contributed by atoms with Gasteiger partial charge >= 0.3 is 0 Å². The lowest BCUT2D eigenvalue weighted by Gasteiger charge is -2.27. The Hall–Kier alpha value is -1.24. The van der Waals surface area contributed by atoms with Crippen molar-refractivity contribution in [2.75, 3.05) is 40.5 Å². The second-order valence-corrected chi connectivity index (χ2v) is 4.81. The van der Waals surface area contributed by atoms with E-state index in [0.29, 0.717) is 32.1 Å². The second-order valence-electron chi connectivity index (χ2n) is 4.81. The molecule has 0 aromatic heterocycles. The van der Waals surface area contributed by atoms with Crippen LogP contribution >= 0.6 is 0 Å². The summed E-state index contributed by atoms with van der Waals surface area (Å²) in [5, 5.41) is 0. The Kier molecular flexibility index (Phi) is 5.28. The number of ether oxygens (including phenoxy) is 3. The fraction of sp³-hybridized carbons (Fsp3) is 0.571. The third kappa shape index (κ3) is 3.65. The molecule has 112 valence electrons. The van der Waals surface area contributed by atoms with Crippen LogP contribution in [0.1, 0.15) is 5.56 Å². The lowest BCUT2D eigenvalue weighted by atomic mass is 10.1. The predicted octanol–water partition coefficient (Wildman–Crippen LogP) is 1.82. The van der Waals surface area contributed by atoms with Gasteiger partial charge in [-0.15, -0.1) is 0 Å². The molecule has 1 aromatic carbocycles. The van der Waals surface area contributed by atoms with Crippen LogP contribution < -0.4 is 4.74 Å². The maximum atomic E-state index is 13.9. The van der Waals surface area contributed by atoms with E-state index in [1.54, 1.807) is 0 Å². The van der Waals surface area contributed by atoms with E-state index in [4.69, 9.17) is 14.2 Å². The molecule has 0 spiro atoms. The summed E-state index contributed by atoms with van der Waals surface area (Å²) in [7, 11) is 3.26. The minimum Gasteiger partial charge on any atom is -0.496 e. The maximum Gasteiger partial charge on any atom is 0.167 e. The van der Waals surface area contributed by atoms with Crippen LogP contribution in [0.2, 0.25) is 0 Å². The molecule has 1 heterocycles. The summed E-state index contributed by atoms with van der Waals surface area (Å²) in [5.74, 6) is -1.39. The van der Waals surface area contributed by atoms with Gasteiger partial charge in [0.25, 0.3) is 0 Å². The average Bonchev–Trinajstić information content (AvgIpc) is 2.45. The molecule has 0 aliphatic carbocycles. The Morgan fingerprint density at radius 3 is 2.80 bits per heavy atom. The standard InChI is InChI=1S/C14H19F2NO3/c1-17(7-10-9-19-5-6-20-10)8-11-13(18-2)4-3-12(15)14(11)16/h3-4,10H,5-9H2,1-2H3/t10-/m0/s1. The number of hydrogen-bond acceptors (Lipinski definition) is 4. The van der Waals surface area contributed by atoms with Gasteiger partial charge in [-0.25, -0.2) is 8.78 Å². The molecule has 0 unspecified atom stereocenters. The van der Waals surface area contributed by atoms with Gasteiger partial charge in [0.15, 0.2) is 11.6 Å². The molecule has 4 nitrogen and oxygen atoms in total. The van der Waals surface area contributed by atoms with E-state index in [-0.39, 0.29) is 18.2 Å². The number of rotatable bonds is 5. The normalized spacial score (nSPS) is 19.4. The molecule has 6 heteroatoms. The third-order valence-electron chi connectivity index (χ3n) is 3.20. The van der Waals surface area contributed by atoms with Gasteiger partial charge < -0.3 is 14.2 Å². The van der Waals surface area contributed by atoms with Gasteiger partial charge in [-0.05, 0) is 19.2 Å². The number of halogens is 2. The number of methoxy groups -OCH3 is 1. The summed E-state index contributed by atoms with van der Waals surface area (Å²) in [4.78, 5) is 1.86. The minimum absolute atomic E-state index is 0.0450. The van der Waals surface area contributed by atoms with E-state index >= 15 is 0 Å². The van der Waals surface area contributed by atoms with Crippen molar-refractivity contribution in [2.45, 2.75) is 12.6 Å². The molecule has 0 radical (unpaired) electrons. The predicted molar refractivity (Wildman–Crippen MR) is 69.8 cm³/mol. The molecule has 0 bridgehead atoms. The highest BCUT2D eigenvalue weighted by molar-refractivity contribution is 5.35. The zero-order valence-corrected chi connectivity index (χ0v) is 11.7. The van der Waals surface area contributed by atoms with E-state index < -0.39 is 11.6 Å². The monoisotopic (exact) mass is 287 g/mol. The number of hydrogen-bond donors (Lipinski definition) is 0. The first kappa shape index (κ1) is 15.2. The minimum atomic E-state index is -0.869. The second kappa shape index (κ2) is 6.97. The third-order valence-corrected chi connectivity index (χ3v) is 3.20. The summed E-state index contributed by atoms with van der Waals surface area (Å²) < 4.78 is 43.1. The molecule has 1 saturated heterocycles. The van der Waals surface area contributed by atoms with Crippen molar-refractivity contribution in [2.24, 2.45) is 0 Å². The zero-order chi connectivity index (χ0) is 14.5. The highest BCUT2D eigenvalue weighted by Crippen LogP contribution is 2.25. The summed E-state index contributed by atoms with van der Waals surface area (Å²) in [6.07, 6.45) is -0.0450. The van der Waals surface area contributed by atoms with E-state index in [1.807, 2.05) is 11.9 Å². The molecule has 1 aromatic rings. The topological polar surface area (TPSA) is 30.9 Å². The first-order valence-corrected chi connectivity index (χ1v) is 6.50. The number of benzene rings is 1. The molecule has 0 amide bonds. The number of nitrogens with zero attached hydrogens (tertiary/aromatic N) is 1. The SMILES string of the molecule is COc1ccc(F)c(F)c1CN(C)C[C@H]1COCCO1. The lowest BCUT2D eigenvalue weighted by Crippen LogP contribution is -2.38. The van der Waals surface area contributed by atoms with Crippen LogP contribution in [0.3, 0.4) is 0 Å². The molecular formula is C14H19F2NO3. The Labute approximate surface area is 117 Å². The zero-order valence-electron chi connectivity index (χ0n) is 11.7. The van der Waals surface area contributed by atoms with Crippen molar-refractivity contribution in [3.63, 3.8) is 0 Å². The van der Waals surface area contributed by atoms with Crippen LogP contribution in [0, 0.1) is 11.6 Å². The van der Waals surface area contributed by atoms with Gasteiger partial charge in [-0.1, -0.05) is 0 Å². The largest absolute Gasteiger partial charge is 0.496 e. The van der Waals surface area contributed by atoms with E-state index in [0.717, 1.165) is 6.07 Å². The molecular weight excluding hydrogens is 268 g/mol. The fourth-order valence-corrected chi connectivity index (χ4v) is 2.24. The van der Waals surface area contributed by atoms with Crippen LogP contribution in [0.4, 0.5) is 8.78 Å². The first-order chi connectivity index (χ1) is 9.61. The van der Waals surface area contributed by atoms with Crippen LogP contribution in [-0.4, -0.2) is 51.5 Å². The highest BCUT2D eigenvalue weighted by atomic mass is 19.2. The van der Waals surface area contributed by atoms with Gasteiger partial charge in [0.05, 0.1) is 33.0 Å². The summed E-state index contributed by atoms with van der Waals surface area (Å²) in [6, 6.07) is 2.50. The first-order valence-electron chi connectivity index (χ1n) is 6.50. The summed E-state index contributed by atoms with van der Waals surface area (Å²) >= 11 is 0. The summed E-state index contributed by atoms with van der Waals surface area (Å²) in [5.41, 5.74) is 0.215.